The number of allylic oxidation sites excluding steroid dienone is 2. The van der Waals surface area contributed by atoms with Gasteiger partial charge in [0, 0.05) is 24.0 Å². The van der Waals surface area contributed by atoms with Gasteiger partial charge in [0.1, 0.15) is 5.76 Å². The van der Waals surface area contributed by atoms with Crippen molar-refractivity contribution in [2.24, 2.45) is 10.4 Å². The molecular formula is C16H19NO2S. The van der Waals surface area contributed by atoms with E-state index in [1.165, 1.54) is 6.21 Å². The number of rotatable bonds is 3. The summed E-state index contributed by atoms with van der Waals surface area (Å²) in [6.45, 7) is 3.97. The first-order valence-electron chi connectivity index (χ1n) is 6.55. The van der Waals surface area contributed by atoms with Crippen LogP contribution in [0.4, 0.5) is 5.69 Å². The minimum absolute atomic E-state index is 0.0378. The highest BCUT2D eigenvalue weighted by molar-refractivity contribution is 7.98. The van der Waals surface area contributed by atoms with E-state index in [1.54, 1.807) is 11.8 Å². The molecule has 0 amide bonds. The van der Waals surface area contributed by atoms with Crippen LogP contribution in [0.5, 0.6) is 0 Å². The van der Waals surface area contributed by atoms with Crippen molar-refractivity contribution in [2.45, 2.75) is 31.6 Å². The number of ketones is 1. The fraction of sp³-hybridized carbons (Fsp3) is 0.375. The summed E-state index contributed by atoms with van der Waals surface area (Å²) in [5, 5.41) is 10.0. The first-order chi connectivity index (χ1) is 9.43. The molecular weight excluding hydrogens is 270 g/mol. The second-order valence-corrected chi connectivity index (χ2v) is 6.58. The zero-order valence-electron chi connectivity index (χ0n) is 12.0. The molecule has 1 aromatic carbocycles. The van der Waals surface area contributed by atoms with Crippen molar-refractivity contribution >= 4 is 29.4 Å². The van der Waals surface area contributed by atoms with Gasteiger partial charge in [0.2, 0.25) is 0 Å². The van der Waals surface area contributed by atoms with Gasteiger partial charge in [0.05, 0.1) is 11.3 Å². The predicted octanol–water partition coefficient (Wildman–Crippen LogP) is 4.31. The van der Waals surface area contributed by atoms with E-state index >= 15 is 0 Å². The van der Waals surface area contributed by atoms with Crippen LogP contribution in [0.3, 0.4) is 0 Å². The number of benzene rings is 1. The fourth-order valence-corrected chi connectivity index (χ4v) is 2.86. The second kappa shape index (κ2) is 5.83. The molecule has 0 spiro atoms. The second-order valence-electron chi connectivity index (χ2n) is 5.73. The summed E-state index contributed by atoms with van der Waals surface area (Å²) >= 11 is 1.61. The molecule has 1 N–H and O–H groups in total. The van der Waals surface area contributed by atoms with Crippen LogP contribution in [0.15, 0.2) is 45.5 Å². The fourth-order valence-electron chi connectivity index (χ4n) is 2.32. The lowest BCUT2D eigenvalue weighted by atomic mass is 9.77. The number of para-hydroxylation sites is 1. The van der Waals surface area contributed by atoms with Crippen molar-refractivity contribution in [1.29, 1.82) is 0 Å². The summed E-state index contributed by atoms with van der Waals surface area (Å²) in [4.78, 5) is 17.5. The largest absolute Gasteiger partial charge is 0.511 e. The molecule has 106 valence electrons. The van der Waals surface area contributed by atoms with Crippen LogP contribution in [0.1, 0.15) is 26.7 Å². The van der Waals surface area contributed by atoms with Crippen molar-refractivity contribution in [3.05, 3.63) is 35.6 Å². The van der Waals surface area contributed by atoms with E-state index < -0.39 is 0 Å². The highest BCUT2D eigenvalue weighted by atomic mass is 32.2. The van der Waals surface area contributed by atoms with Gasteiger partial charge in [0.15, 0.2) is 5.78 Å². The zero-order valence-corrected chi connectivity index (χ0v) is 12.8. The van der Waals surface area contributed by atoms with E-state index in [-0.39, 0.29) is 17.0 Å². The molecule has 0 aromatic heterocycles. The number of Topliss-reactive ketones (excluding diaryl/α,β-unsaturated/α-hetero) is 1. The number of nitrogens with zero attached hydrogens (tertiary/aromatic N) is 1. The van der Waals surface area contributed by atoms with E-state index in [9.17, 15) is 9.90 Å². The van der Waals surface area contributed by atoms with E-state index in [0.717, 1.165) is 10.6 Å². The Bertz CT molecular complexity index is 588. The quantitative estimate of drug-likeness (QED) is 0.666. The van der Waals surface area contributed by atoms with Gasteiger partial charge in [-0.15, -0.1) is 11.8 Å². The summed E-state index contributed by atoms with van der Waals surface area (Å²) in [5.74, 6) is 0.112. The van der Waals surface area contributed by atoms with Gasteiger partial charge in [-0.25, -0.2) is 0 Å². The molecule has 0 aliphatic heterocycles. The molecule has 20 heavy (non-hydrogen) atoms. The molecule has 1 aliphatic carbocycles. The number of carbonyl (C=O) groups is 1. The number of hydrogen-bond acceptors (Lipinski definition) is 4. The third kappa shape index (κ3) is 3.31. The average molecular weight is 289 g/mol. The Morgan fingerprint density at radius 2 is 2.00 bits per heavy atom. The van der Waals surface area contributed by atoms with Crippen LogP contribution >= 0.6 is 11.8 Å². The van der Waals surface area contributed by atoms with Crippen molar-refractivity contribution < 1.29 is 9.90 Å². The lowest BCUT2D eigenvalue weighted by Crippen LogP contribution is -2.26. The first-order valence-corrected chi connectivity index (χ1v) is 7.78. The molecule has 2 rings (SSSR count). The molecule has 0 saturated carbocycles. The topological polar surface area (TPSA) is 49.7 Å². The van der Waals surface area contributed by atoms with Crippen LogP contribution in [-0.2, 0) is 4.79 Å². The molecule has 1 aliphatic rings. The van der Waals surface area contributed by atoms with Crippen LogP contribution in [0.2, 0.25) is 0 Å². The highest BCUT2D eigenvalue weighted by Gasteiger charge is 2.32. The minimum Gasteiger partial charge on any atom is -0.511 e. The number of thioether (sulfide) groups is 1. The standard InChI is InChI=1S/C16H19NO2S/c1-16(2)8-13(18)11(14(19)9-16)10-17-12-6-4-5-7-15(12)20-3/h4-7,10,18H,8-9H2,1-3H3. The number of aliphatic hydroxyl groups is 1. The summed E-state index contributed by atoms with van der Waals surface area (Å²) in [5.41, 5.74) is 0.994. The van der Waals surface area contributed by atoms with Gasteiger partial charge in [-0.1, -0.05) is 26.0 Å². The monoisotopic (exact) mass is 289 g/mol. The maximum absolute atomic E-state index is 12.1. The van der Waals surface area contributed by atoms with E-state index in [0.29, 0.717) is 18.4 Å². The summed E-state index contributed by atoms with van der Waals surface area (Å²) in [6, 6.07) is 7.75. The number of carbonyl (C=O) groups excluding carboxylic acids is 1. The van der Waals surface area contributed by atoms with Gasteiger partial charge in [0.25, 0.3) is 0 Å². The average Bonchev–Trinajstić information content (AvgIpc) is 2.36. The summed E-state index contributed by atoms with van der Waals surface area (Å²) < 4.78 is 0. The molecule has 3 nitrogen and oxygen atoms in total. The molecule has 0 bridgehead atoms. The van der Waals surface area contributed by atoms with Crippen molar-refractivity contribution in [3.63, 3.8) is 0 Å². The van der Waals surface area contributed by atoms with Crippen LogP contribution in [0, 0.1) is 5.41 Å². The number of aliphatic hydroxyl groups excluding tert-OH is 1. The van der Waals surface area contributed by atoms with Crippen molar-refractivity contribution in [1.82, 2.24) is 0 Å². The summed E-state index contributed by atoms with van der Waals surface area (Å²) in [7, 11) is 0. The smallest absolute Gasteiger partial charge is 0.168 e. The van der Waals surface area contributed by atoms with E-state index in [2.05, 4.69) is 4.99 Å². The summed E-state index contributed by atoms with van der Waals surface area (Å²) in [6.07, 6.45) is 4.45. The van der Waals surface area contributed by atoms with Crippen LogP contribution in [-0.4, -0.2) is 23.4 Å². The first kappa shape index (κ1) is 14.9. The lowest BCUT2D eigenvalue weighted by molar-refractivity contribution is -0.117. The van der Waals surface area contributed by atoms with Gasteiger partial charge < -0.3 is 5.11 Å². The van der Waals surface area contributed by atoms with Crippen molar-refractivity contribution in [3.8, 4) is 0 Å². The third-order valence-electron chi connectivity index (χ3n) is 3.31. The van der Waals surface area contributed by atoms with Crippen LogP contribution < -0.4 is 0 Å². The maximum atomic E-state index is 12.1. The van der Waals surface area contributed by atoms with Gasteiger partial charge in [-0.05, 0) is 23.8 Å². The Balaban J connectivity index is 2.29. The lowest BCUT2D eigenvalue weighted by Gasteiger charge is -2.28. The molecule has 0 heterocycles. The normalized spacial score (nSPS) is 18.9. The van der Waals surface area contributed by atoms with Crippen molar-refractivity contribution in [2.75, 3.05) is 6.26 Å². The van der Waals surface area contributed by atoms with Gasteiger partial charge >= 0.3 is 0 Å². The molecule has 0 unspecified atom stereocenters. The molecule has 0 radical (unpaired) electrons. The molecule has 0 atom stereocenters. The van der Waals surface area contributed by atoms with Gasteiger partial charge in [-0.2, -0.15) is 0 Å². The Hall–Kier alpha value is -1.55. The maximum Gasteiger partial charge on any atom is 0.168 e. The predicted molar refractivity (Wildman–Crippen MR) is 84.1 cm³/mol. The third-order valence-corrected chi connectivity index (χ3v) is 4.10. The minimum atomic E-state index is -0.171. The van der Waals surface area contributed by atoms with Gasteiger partial charge in [-0.3, -0.25) is 9.79 Å². The van der Waals surface area contributed by atoms with Crippen LogP contribution in [0.25, 0.3) is 0 Å². The molecule has 4 heteroatoms. The number of aliphatic imine (C=N–C) groups is 1. The van der Waals surface area contributed by atoms with E-state index in [1.807, 2.05) is 44.4 Å². The van der Waals surface area contributed by atoms with E-state index in [4.69, 9.17) is 0 Å². The number of hydrogen-bond donors (Lipinski definition) is 1. The molecule has 0 saturated heterocycles. The Kier molecular flexibility index (Phi) is 4.33. The molecule has 1 aromatic rings. The Labute approximate surface area is 123 Å². The Morgan fingerprint density at radius 3 is 2.65 bits per heavy atom. The Morgan fingerprint density at radius 1 is 1.30 bits per heavy atom. The highest BCUT2D eigenvalue weighted by Crippen LogP contribution is 2.35. The SMILES string of the molecule is CSc1ccccc1N=CC1=C(O)CC(C)(C)CC1=O. The zero-order chi connectivity index (χ0) is 14.8. The molecule has 0 fully saturated rings.